The maximum Gasteiger partial charge on any atom is 0.323 e. The Morgan fingerprint density at radius 2 is 2.12 bits per heavy atom. The summed E-state index contributed by atoms with van der Waals surface area (Å²) in [6.45, 7) is 7.27. The van der Waals surface area contributed by atoms with Gasteiger partial charge in [0.2, 0.25) is 0 Å². The van der Waals surface area contributed by atoms with Crippen LogP contribution < -0.4 is 0 Å². The van der Waals surface area contributed by atoms with Crippen molar-refractivity contribution in [3.05, 3.63) is 0 Å². The Bertz CT molecular complexity index is 220. The van der Waals surface area contributed by atoms with E-state index in [1.54, 1.807) is 14.0 Å². The van der Waals surface area contributed by atoms with Crippen molar-refractivity contribution < 1.29 is 14.6 Å². The van der Waals surface area contributed by atoms with Gasteiger partial charge in [0.25, 0.3) is 0 Å². The standard InChI is InChI=1S/C12H25NO3/c1-6-10(2)9-13(4)12(3,11(14)15)7-8-16-5/h10H,6-9H2,1-5H3,(H,14,15). The van der Waals surface area contributed by atoms with Crippen LogP contribution in [0.1, 0.15) is 33.6 Å². The third-order valence-corrected chi connectivity index (χ3v) is 3.38. The number of hydrogen-bond donors (Lipinski definition) is 1. The number of aliphatic carboxylic acids is 1. The van der Waals surface area contributed by atoms with Crippen LogP contribution in [0.3, 0.4) is 0 Å². The van der Waals surface area contributed by atoms with Crippen molar-refractivity contribution in [2.45, 2.75) is 39.2 Å². The molecule has 16 heavy (non-hydrogen) atoms. The summed E-state index contributed by atoms with van der Waals surface area (Å²) in [5, 5.41) is 9.32. The SMILES string of the molecule is CCC(C)CN(C)C(C)(CCOC)C(=O)O. The third-order valence-electron chi connectivity index (χ3n) is 3.38. The van der Waals surface area contributed by atoms with Crippen molar-refractivity contribution in [3.63, 3.8) is 0 Å². The molecule has 0 aliphatic rings. The molecule has 0 aromatic rings. The Labute approximate surface area is 98.6 Å². The second-order valence-corrected chi connectivity index (χ2v) is 4.72. The van der Waals surface area contributed by atoms with Gasteiger partial charge >= 0.3 is 5.97 Å². The minimum Gasteiger partial charge on any atom is -0.480 e. The number of carbonyl (C=O) groups is 1. The molecule has 0 heterocycles. The summed E-state index contributed by atoms with van der Waals surface area (Å²) in [5.74, 6) is -0.276. The molecule has 0 bridgehead atoms. The molecule has 0 spiro atoms. The van der Waals surface area contributed by atoms with Gasteiger partial charge in [0.15, 0.2) is 0 Å². The fourth-order valence-corrected chi connectivity index (χ4v) is 1.56. The fraction of sp³-hybridized carbons (Fsp3) is 0.917. The van der Waals surface area contributed by atoms with Gasteiger partial charge in [-0.05, 0) is 26.3 Å². The molecule has 1 N–H and O–H groups in total. The predicted octanol–water partition coefficient (Wildman–Crippen LogP) is 1.84. The van der Waals surface area contributed by atoms with Crippen LogP contribution in [0.4, 0.5) is 0 Å². The van der Waals surface area contributed by atoms with E-state index in [-0.39, 0.29) is 0 Å². The van der Waals surface area contributed by atoms with Gasteiger partial charge in [-0.3, -0.25) is 9.69 Å². The maximum atomic E-state index is 11.3. The lowest BCUT2D eigenvalue weighted by molar-refractivity contribution is -0.151. The van der Waals surface area contributed by atoms with E-state index in [1.165, 1.54) is 0 Å². The molecule has 4 nitrogen and oxygen atoms in total. The molecule has 0 aliphatic carbocycles. The van der Waals surface area contributed by atoms with Crippen LogP contribution in [0.2, 0.25) is 0 Å². The molecule has 0 aromatic heterocycles. The minimum atomic E-state index is -0.834. The first-order chi connectivity index (χ1) is 7.38. The van der Waals surface area contributed by atoms with E-state index in [4.69, 9.17) is 4.74 Å². The number of hydrogen-bond acceptors (Lipinski definition) is 3. The molecule has 0 aromatic carbocycles. The molecule has 0 radical (unpaired) electrons. The summed E-state index contributed by atoms with van der Waals surface area (Å²) >= 11 is 0. The number of ether oxygens (including phenoxy) is 1. The number of carboxylic acid groups (broad SMARTS) is 1. The lowest BCUT2D eigenvalue weighted by atomic mass is 9.94. The van der Waals surface area contributed by atoms with Crippen molar-refractivity contribution >= 4 is 5.97 Å². The first kappa shape index (κ1) is 15.4. The van der Waals surface area contributed by atoms with Crippen LogP contribution >= 0.6 is 0 Å². The minimum absolute atomic E-state index is 0.466. The van der Waals surface area contributed by atoms with Gasteiger partial charge < -0.3 is 9.84 Å². The molecule has 0 saturated heterocycles. The molecule has 0 amide bonds. The van der Waals surface area contributed by atoms with Crippen molar-refractivity contribution in [2.24, 2.45) is 5.92 Å². The summed E-state index contributed by atoms with van der Waals surface area (Å²) in [7, 11) is 3.47. The van der Waals surface area contributed by atoms with E-state index >= 15 is 0 Å². The van der Waals surface area contributed by atoms with Gasteiger partial charge in [-0.25, -0.2) is 0 Å². The lowest BCUT2D eigenvalue weighted by Crippen LogP contribution is -2.52. The van der Waals surface area contributed by atoms with E-state index in [0.717, 1.165) is 13.0 Å². The number of carboxylic acids is 1. The Morgan fingerprint density at radius 1 is 1.56 bits per heavy atom. The number of nitrogens with zero attached hydrogens (tertiary/aromatic N) is 1. The van der Waals surface area contributed by atoms with E-state index in [0.29, 0.717) is 18.9 Å². The Hall–Kier alpha value is -0.610. The summed E-state index contributed by atoms with van der Waals surface area (Å²) in [6.07, 6.45) is 1.57. The topological polar surface area (TPSA) is 49.8 Å². The Balaban J connectivity index is 4.56. The summed E-state index contributed by atoms with van der Waals surface area (Å²) in [5.41, 5.74) is -0.834. The highest BCUT2D eigenvalue weighted by atomic mass is 16.5. The Morgan fingerprint density at radius 3 is 2.50 bits per heavy atom. The summed E-state index contributed by atoms with van der Waals surface area (Å²) in [4.78, 5) is 13.3. The predicted molar refractivity (Wildman–Crippen MR) is 64.6 cm³/mol. The van der Waals surface area contributed by atoms with Gasteiger partial charge in [-0.2, -0.15) is 0 Å². The van der Waals surface area contributed by atoms with Crippen LogP contribution in [-0.2, 0) is 9.53 Å². The molecule has 96 valence electrons. The first-order valence-corrected chi connectivity index (χ1v) is 5.82. The summed E-state index contributed by atoms with van der Waals surface area (Å²) in [6, 6.07) is 0. The smallest absolute Gasteiger partial charge is 0.323 e. The van der Waals surface area contributed by atoms with Crippen LogP contribution in [0.25, 0.3) is 0 Å². The molecular weight excluding hydrogens is 206 g/mol. The highest BCUT2D eigenvalue weighted by Crippen LogP contribution is 2.20. The van der Waals surface area contributed by atoms with Crippen LogP contribution in [0.15, 0.2) is 0 Å². The Kier molecular flexibility index (Phi) is 6.60. The quantitative estimate of drug-likeness (QED) is 0.692. The van der Waals surface area contributed by atoms with Gasteiger partial charge in [0.05, 0.1) is 0 Å². The van der Waals surface area contributed by atoms with E-state index in [1.807, 2.05) is 11.9 Å². The van der Waals surface area contributed by atoms with E-state index in [9.17, 15) is 9.90 Å². The second-order valence-electron chi connectivity index (χ2n) is 4.72. The lowest BCUT2D eigenvalue weighted by Gasteiger charge is -2.36. The van der Waals surface area contributed by atoms with Crippen molar-refractivity contribution in [2.75, 3.05) is 27.3 Å². The van der Waals surface area contributed by atoms with E-state index < -0.39 is 11.5 Å². The highest BCUT2D eigenvalue weighted by molar-refractivity contribution is 5.78. The van der Waals surface area contributed by atoms with Gasteiger partial charge in [-0.15, -0.1) is 0 Å². The van der Waals surface area contributed by atoms with E-state index in [2.05, 4.69) is 13.8 Å². The monoisotopic (exact) mass is 231 g/mol. The van der Waals surface area contributed by atoms with Crippen LogP contribution in [0, 0.1) is 5.92 Å². The normalized spacial score (nSPS) is 17.1. The number of rotatable bonds is 8. The average Bonchev–Trinajstić information content (AvgIpc) is 2.24. The molecule has 2 atom stereocenters. The first-order valence-electron chi connectivity index (χ1n) is 5.82. The third kappa shape index (κ3) is 4.10. The van der Waals surface area contributed by atoms with Gasteiger partial charge in [0.1, 0.15) is 5.54 Å². The molecule has 4 heteroatoms. The van der Waals surface area contributed by atoms with Gasteiger partial charge in [-0.1, -0.05) is 20.3 Å². The molecule has 2 unspecified atom stereocenters. The van der Waals surface area contributed by atoms with Crippen molar-refractivity contribution in [3.8, 4) is 0 Å². The largest absolute Gasteiger partial charge is 0.480 e. The average molecular weight is 231 g/mol. The summed E-state index contributed by atoms with van der Waals surface area (Å²) < 4.78 is 4.98. The molecule has 0 fully saturated rings. The molecule has 0 saturated carbocycles. The van der Waals surface area contributed by atoms with Crippen molar-refractivity contribution in [1.82, 2.24) is 4.90 Å². The zero-order valence-corrected chi connectivity index (χ0v) is 11.1. The van der Waals surface area contributed by atoms with Gasteiger partial charge in [0, 0.05) is 20.3 Å². The molecular formula is C12H25NO3. The zero-order chi connectivity index (χ0) is 12.8. The van der Waals surface area contributed by atoms with Crippen LogP contribution in [-0.4, -0.2) is 48.8 Å². The number of methoxy groups -OCH3 is 1. The van der Waals surface area contributed by atoms with Crippen LogP contribution in [0.5, 0.6) is 0 Å². The fourth-order valence-electron chi connectivity index (χ4n) is 1.56. The maximum absolute atomic E-state index is 11.3. The van der Waals surface area contributed by atoms with Crippen molar-refractivity contribution in [1.29, 1.82) is 0 Å². The second kappa shape index (κ2) is 6.86. The molecule has 0 rings (SSSR count). The zero-order valence-electron chi connectivity index (χ0n) is 11.1. The number of likely N-dealkylation sites (N-methyl/N-ethyl adjacent to an activating group) is 1. The molecule has 0 aliphatic heterocycles. The highest BCUT2D eigenvalue weighted by Gasteiger charge is 2.37.